The van der Waals surface area contributed by atoms with Gasteiger partial charge in [-0.3, -0.25) is 10.1 Å². The molecule has 0 saturated heterocycles. The number of hydrogen-bond donors (Lipinski definition) is 1. The second-order valence-electron chi connectivity index (χ2n) is 3.63. The number of benzene rings is 1. The molecule has 0 amide bonds. The second-order valence-corrected chi connectivity index (χ2v) is 3.63. The van der Waals surface area contributed by atoms with Crippen LogP contribution in [0.1, 0.15) is 5.69 Å². The van der Waals surface area contributed by atoms with E-state index in [-0.39, 0.29) is 10.9 Å². The van der Waals surface area contributed by atoms with Gasteiger partial charge in [0.25, 0.3) is 0 Å². The number of halogens is 3. The molecule has 3 rings (SSSR count). The van der Waals surface area contributed by atoms with Crippen LogP contribution in [0.3, 0.4) is 0 Å². The molecule has 0 atom stereocenters. The van der Waals surface area contributed by atoms with Gasteiger partial charge in [0, 0.05) is 10.8 Å². The number of rotatable bonds is 0. The maximum Gasteiger partial charge on any atom is 0.433 e. The van der Waals surface area contributed by atoms with Crippen LogP contribution >= 0.6 is 0 Å². The van der Waals surface area contributed by atoms with Crippen LogP contribution in [0.2, 0.25) is 0 Å². The lowest BCUT2D eigenvalue weighted by atomic mass is 10.1. The third-order valence-corrected chi connectivity index (χ3v) is 2.58. The van der Waals surface area contributed by atoms with Gasteiger partial charge < -0.3 is 0 Å². The first-order chi connectivity index (χ1) is 8.07. The van der Waals surface area contributed by atoms with Gasteiger partial charge >= 0.3 is 6.18 Å². The number of nitrogens with zero attached hydrogens (tertiary/aromatic N) is 2. The van der Waals surface area contributed by atoms with E-state index in [4.69, 9.17) is 0 Å². The van der Waals surface area contributed by atoms with E-state index in [2.05, 4.69) is 10.1 Å². The van der Waals surface area contributed by atoms with Crippen molar-refractivity contribution in [2.24, 2.45) is 0 Å². The monoisotopic (exact) mass is 237 g/mol. The van der Waals surface area contributed by atoms with Crippen LogP contribution in [0.25, 0.3) is 21.8 Å². The average molecular weight is 237 g/mol. The van der Waals surface area contributed by atoms with Crippen molar-refractivity contribution >= 4 is 21.8 Å². The molecule has 0 saturated carbocycles. The summed E-state index contributed by atoms with van der Waals surface area (Å²) in [6, 6.07) is 6.68. The van der Waals surface area contributed by atoms with Crippen molar-refractivity contribution in [2.75, 3.05) is 0 Å². The van der Waals surface area contributed by atoms with Crippen LogP contribution in [0.5, 0.6) is 0 Å². The van der Waals surface area contributed by atoms with Gasteiger partial charge in [-0.05, 0) is 6.07 Å². The normalized spacial score (nSPS) is 12.4. The first-order valence-corrected chi connectivity index (χ1v) is 4.86. The van der Waals surface area contributed by atoms with Gasteiger partial charge in [-0.2, -0.15) is 18.3 Å². The number of fused-ring (bicyclic) bond motifs is 3. The zero-order valence-electron chi connectivity index (χ0n) is 8.42. The minimum atomic E-state index is -4.45. The molecule has 3 nitrogen and oxygen atoms in total. The third kappa shape index (κ3) is 1.44. The van der Waals surface area contributed by atoms with Gasteiger partial charge in [-0.15, -0.1) is 0 Å². The predicted molar refractivity (Wildman–Crippen MR) is 56.4 cm³/mol. The highest BCUT2D eigenvalue weighted by molar-refractivity contribution is 6.05. The minimum Gasteiger partial charge on any atom is -0.272 e. The molecule has 1 N–H and O–H groups in total. The van der Waals surface area contributed by atoms with Crippen molar-refractivity contribution in [3.63, 3.8) is 0 Å². The molecule has 17 heavy (non-hydrogen) atoms. The second kappa shape index (κ2) is 3.19. The maximum absolute atomic E-state index is 12.8. The fourth-order valence-electron chi connectivity index (χ4n) is 1.86. The lowest BCUT2D eigenvalue weighted by Crippen LogP contribution is -2.06. The Bertz CT molecular complexity index is 700. The van der Waals surface area contributed by atoms with Crippen molar-refractivity contribution in [3.8, 4) is 0 Å². The summed E-state index contributed by atoms with van der Waals surface area (Å²) < 4.78 is 38.4. The third-order valence-electron chi connectivity index (χ3n) is 2.58. The summed E-state index contributed by atoms with van der Waals surface area (Å²) in [5.74, 6) is 0. The van der Waals surface area contributed by atoms with Crippen molar-refractivity contribution in [1.29, 1.82) is 0 Å². The molecule has 0 aliphatic rings. The lowest BCUT2D eigenvalue weighted by molar-refractivity contribution is -0.139. The number of H-pyrrole nitrogens is 1. The topological polar surface area (TPSA) is 41.6 Å². The Labute approximate surface area is 93.3 Å². The quantitative estimate of drug-likeness (QED) is 0.652. The molecule has 6 heteroatoms. The minimum absolute atomic E-state index is 0.0723. The number of para-hydroxylation sites is 1. The van der Waals surface area contributed by atoms with Crippen molar-refractivity contribution in [1.82, 2.24) is 15.2 Å². The van der Waals surface area contributed by atoms with Crippen LogP contribution in [-0.2, 0) is 6.18 Å². The van der Waals surface area contributed by atoms with Gasteiger partial charge in [0.15, 0.2) is 0 Å². The van der Waals surface area contributed by atoms with Crippen LogP contribution in [0.4, 0.5) is 13.2 Å². The molecule has 3 aromatic rings. The Hall–Kier alpha value is -2.11. The lowest BCUT2D eigenvalue weighted by Gasteiger charge is -2.04. The van der Waals surface area contributed by atoms with E-state index in [9.17, 15) is 13.2 Å². The molecule has 0 spiro atoms. The molecule has 0 fully saturated rings. The number of hydrogen-bond acceptors (Lipinski definition) is 2. The van der Waals surface area contributed by atoms with E-state index in [0.29, 0.717) is 10.9 Å². The van der Waals surface area contributed by atoms with Gasteiger partial charge in [0.2, 0.25) is 0 Å². The molecule has 1 aromatic carbocycles. The standard InChI is InChI=1S/C11H6F3N3/c12-11(13,14)10-9-6-3-1-2-4-7(6)15-5-8(9)16-17-10/h1-5H,(H,16,17). The van der Waals surface area contributed by atoms with E-state index in [1.54, 1.807) is 24.3 Å². The molecule has 0 radical (unpaired) electrons. The Balaban J connectivity index is 2.51. The van der Waals surface area contributed by atoms with Gasteiger partial charge in [0.05, 0.1) is 11.7 Å². The van der Waals surface area contributed by atoms with Gasteiger partial charge in [-0.25, -0.2) is 0 Å². The van der Waals surface area contributed by atoms with Crippen LogP contribution in [0.15, 0.2) is 30.5 Å². The van der Waals surface area contributed by atoms with E-state index in [0.717, 1.165) is 0 Å². The summed E-state index contributed by atoms with van der Waals surface area (Å²) >= 11 is 0. The summed E-state index contributed by atoms with van der Waals surface area (Å²) in [5, 5.41) is 6.18. The smallest absolute Gasteiger partial charge is 0.272 e. The highest BCUT2D eigenvalue weighted by Crippen LogP contribution is 2.35. The van der Waals surface area contributed by atoms with E-state index < -0.39 is 11.9 Å². The van der Waals surface area contributed by atoms with Crippen molar-refractivity contribution in [2.45, 2.75) is 6.18 Å². The SMILES string of the molecule is FC(F)(F)c1[nH]nc2cnc3ccccc3c12. The number of aromatic nitrogens is 3. The van der Waals surface area contributed by atoms with Crippen LogP contribution in [-0.4, -0.2) is 15.2 Å². The molecule has 0 aliphatic heterocycles. The van der Waals surface area contributed by atoms with Crippen molar-refractivity contribution in [3.05, 3.63) is 36.2 Å². The van der Waals surface area contributed by atoms with E-state index in [1.165, 1.54) is 6.20 Å². The Morgan fingerprint density at radius 3 is 2.59 bits per heavy atom. The fraction of sp³-hybridized carbons (Fsp3) is 0.0909. The van der Waals surface area contributed by atoms with Crippen molar-refractivity contribution < 1.29 is 13.2 Å². The van der Waals surface area contributed by atoms with E-state index >= 15 is 0 Å². The molecule has 0 unspecified atom stereocenters. The zero-order valence-corrected chi connectivity index (χ0v) is 8.42. The highest BCUT2D eigenvalue weighted by atomic mass is 19.4. The number of aromatic amines is 1. The number of nitrogens with one attached hydrogen (secondary N) is 1. The summed E-state index contributed by atoms with van der Waals surface area (Å²) in [4.78, 5) is 4.05. The Morgan fingerprint density at radius 2 is 1.82 bits per heavy atom. The largest absolute Gasteiger partial charge is 0.433 e. The summed E-state index contributed by atoms with van der Waals surface area (Å²) in [6.45, 7) is 0. The van der Waals surface area contributed by atoms with Crippen LogP contribution < -0.4 is 0 Å². The molecule has 0 bridgehead atoms. The first-order valence-electron chi connectivity index (χ1n) is 4.86. The molecule has 2 aromatic heterocycles. The molecular formula is C11H6F3N3. The fourth-order valence-corrected chi connectivity index (χ4v) is 1.86. The van der Waals surface area contributed by atoms with Crippen LogP contribution in [0, 0.1) is 0 Å². The average Bonchev–Trinajstić information content (AvgIpc) is 2.72. The number of alkyl halides is 3. The number of pyridine rings is 1. The highest BCUT2D eigenvalue weighted by Gasteiger charge is 2.35. The maximum atomic E-state index is 12.8. The van der Waals surface area contributed by atoms with Gasteiger partial charge in [0.1, 0.15) is 11.2 Å². The first kappa shape index (κ1) is 10.1. The summed E-state index contributed by atoms with van der Waals surface area (Å²) in [7, 11) is 0. The Kier molecular flexibility index (Phi) is 1.89. The molecule has 0 aliphatic carbocycles. The molecule has 86 valence electrons. The zero-order chi connectivity index (χ0) is 12.0. The predicted octanol–water partition coefficient (Wildman–Crippen LogP) is 3.13. The Morgan fingerprint density at radius 1 is 1.06 bits per heavy atom. The molecule has 2 heterocycles. The van der Waals surface area contributed by atoms with E-state index in [1.807, 2.05) is 5.10 Å². The summed E-state index contributed by atoms with van der Waals surface area (Å²) in [6.07, 6.45) is -3.11. The molecular weight excluding hydrogens is 231 g/mol. The van der Waals surface area contributed by atoms with Gasteiger partial charge in [-0.1, -0.05) is 18.2 Å². The summed E-state index contributed by atoms with van der Waals surface area (Å²) in [5.41, 5.74) is -0.0889.